The Bertz CT molecular complexity index is 3780. The van der Waals surface area contributed by atoms with Crippen LogP contribution in [0.4, 0.5) is 17.1 Å². The van der Waals surface area contributed by atoms with Gasteiger partial charge in [0.05, 0.1) is 28.5 Å². The third-order valence-electron chi connectivity index (χ3n) is 14.8. The predicted octanol–water partition coefficient (Wildman–Crippen LogP) is 16.8. The van der Waals surface area contributed by atoms with Gasteiger partial charge in [-0.1, -0.05) is 201 Å². The third-order valence-corrected chi connectivity index (χ3v) is 14.8. The molecule has 0 amide bonds. The van der Waals surface area contributed by atoms with Gasteiger partial charge in [-0.25, -0.2) is 0 Å². The van der Waals surface area contributed by atoms with E-state index < -0.39 is 0 Å². The van der Waals surface area contributed by atoms with Crippen LogP contribution in [-0.2, 0) is 0 Å². The fourth-order valence-corrected chi connectivity index (χ4v) is 11.4. The zero-order valence-electron chi connectivity index (χ0n) is 40.2. The van der Waals surface area contributed by atoms with Gasteiger partial charge in [-0.2, -0.15) is 0 Å². The molecule has 1 aliphatic carbocycles. The fourth-order valence-electron chi connectivity index (χ4n) is 11.4. The van der Waals surface area contributed by atoms with Gasteiger partial charge in [0.15, 0.2) is 0 Å². The molecule has 3 unspecified atom stereocenters. The zero-order chi connectivity index (χ0) is 48.0. The number of aliphatic imine (C=N–C) groups is 1. The lowest BCUT2D eigenvalue weighted by Crippen LogP contribution is -2.30. The highest BCUT2D eigenvalue weighted by Crippen LogP contribution is 2.46. The minimum atomic E-state index is -0.287. The van der Waals surface area contributed by atoms with Crippen molar-refractivity contribution >= 4 is 50.4 Å². The maximum atomic E-state index is 5.69. The summed E-state index contributed by atoms with van der Waals surface area (Å²) in [5.74, 6) is 1.24. The summed E-state index contributed by atoms with van der Waals surface area (Å²) in [6, 6.07) is 79.1. The topological polar surface area (TPSA) is 44.6 Å². The molecule has 3 heterocycles. The second-order valence-electron chi connectivity index (χ2n) is 19.0. The first kappa shape index (κ1) is 43.1. The first-order valence-corrected chi connectivity index (χ1v) is 25.3. The number of fused-ring (bicyclic) bond motifs is 4. The molecule has 0 saturated heterocycles. The lowest BCUT2D eigenvalue weighted by atomic mass is 9.86. The number of rotatable bonds is 10. The van der Waals surface area contributed by atoms with Crippen molar-refractivity contribution < 1.29 is 0 Å². The van der Waals surface area contributed by atoms with Crippen LogP contribution in [0.1, 0.15) is 54.0 Å². The van der Waals surface area contributed by atoms with Crippen molar-refractivity contribution in [1.82, 2.24) is 9.88 Å². The summed E-state index contributed by atoms with van der Waals surface area (Å²) < 4.78 is 2.37. The van der Waals surface area contributed by atoms with Gasteiger partial charge in [0.1, 0.15) is 12.0 Å². The quantitative estimate of drug-likeness (QED) is 0.144. The molecule has 5 nitrogen and oxygen atoms in total. The molecule has 0 saturated carbocycles. The van der Waals surface area contributed by atoms with E-state index in [4.69, 9.17) is 4.99 Å². The van der Waals surface area contributed by atoms with Gasteiger partial charge in [-0.3, -0.25) is 4.99 Å². The lowest BCUT2D eigenvalue weighted by Gasteiger charge is -2.27. The molecule has 0 spiro atoms. The van der Waals surface area contributed by atoms with Crippen LogP contribution in [0.15, 0.2) is 254 Å². The Morgan fingerprint density at radius 1 is 0.542 bits per heavy atom. The normalized spacial score (nSPS) is 17.1. The van der Waals surface area contributed by atoms with Gasteiger partial charge >= 0.3 is 0 Å². The van der Waals surface area contributed by atoms with E-state index in [2.05, 4.69) is 276 Å². The number of anilines is 3. The van der Waals surface area contributed by atoms with Crippen molar-refractivity contribution in [2.24, 2.45) is 4.99 Å². The van der Waals surface area contributed by atoms with Crippen LogP contribution in [0.25, 0.3) is 66.6 Å². The standard InChI is InChI=1S/C67H53N5/c1-2-65-68-59-42-39-48(45-21-6-3-7-22-45)43-64(59)72(65)50-40-37-46(38-41-50)51-27-12-13-28-52(51)53-29-14-15-30-54(53)55-31-16-17-32-56(55)61-44-60(47-23-8-4-9-24-47)69-67(70-61)58-34-20-36-63-66(58)57-33-18-19-35-62(57)71(63)49-25-10-5-11-26-49/h3-21,23-45,61,65,68H,2,22H2,1H3,(H,69,70). The molecule has 9 aromatic carbocycles. The summed E-state index contributed by atoms with van der Waals surface area (Å²) in [5.41, 5.74) is 19.8. The van der Waals surface area contributed by atoms with Crippen LogP contribution in [0.2, 0.25) is 0 Å². The summed E-state index contributed by atoms with van der Waals surface area (Å²) in [6.45, 7) is 2.26. The van der Waals surface area contributed by atoms with E-state index in [1.165, 1.54) is 61.2 Å². The van der Waals surface area contributed by atoms with Crippen molar-refractivity contribution in [2.45, 2.75) is 37.9 Å². The van der Waals surface area contributed by atoms with Crippen molar-refractivity contribution in [1.29, 1.82) is 0 Å². The number of hydrogen-bond acceptors (Lipinski definition) is 4. The van der Waals surface area contributed by atoms with E-state index in [-0.39, 0.29) is 12.2 Å². The first-order chi connectivity index (χ1) is 35.7. The van der Waals surface area contributed by atoms with Crippen molar-refractivity contribution in [3.05, 3.63) is 271 Å². The van der Waals surface area contributed by atoms with Gasteiger partial charge in [0.25, 0.3) is 0 Å². The molecule has 10 aromatic rings. The minimum Gasteiger partial charge on any atom is -0.363 e. The molecule has 346 valence electrons. The van der Waals surface area contributed by atoms with Gasteiger partial charge < -0.3 is 20.1 Å². The van der Waals surface area contributed by atoms with Crippen molar-refractivity contribution in [3.63, 3.8) is 0 Å². The van der Waals surface area contributed by atoms with Crippen LogP contribution in [0.3, 0.4) is 0 Å². The van der Waals surface area contributed by atoms with Gasteiger partial charge in [-0.05, 0) is 118 Å². The van der Waals surface area contributed by atoms with E-state index in [0.29, 0.717) is 5.92 Å². The third kappa shape index (κ3) is 7.62. The van der Waals surface area contributed by atoms with E-state index >= 15 is 0 Å². The Morgan fingerprint density at radius 2 is 1.19 bits per heavy atom. The molecule has 3 aliphatic rings. The number of nitrogens with zero attached hydrogens (tertiary/aromatic N) is 3. The summed E-state index contributed by atoms with van der Waals surface area (Å²) in [7, 11) is 0. The zero-order valence-corrected chi connectivity index (χ0v) is 40.2. The Kier molecular flexibility index (Phi) is 11.0. The molecular formula is C67H53N5. The number of para-hydroxylation sites is 2. The maximum Gasteiger partial charge on any atom is 0.134 e. The average molecular weight is 928 g/mol. The van der Waals surface area contributed by atoms with Crippen LogP contribution >= 0.6 is 0 Å². The molecule has 72 heavy (non-hydrogen) atoms. The van der Waals surface area contributed by atoms with E-state index in [0.717, 1.165) is 63.3 Å². The Morgan fingerprint density at radius 3 is 1.96 bits per heavy atom. The summed E-state index contributed by atoms with van der Waals surface area (Å²) in [4.78, 5) is 8.18. The molecule has 0 radical (unpaired) electrons. The number of nitrogens with one attached hydrogen (secondary N) is 2. The molecular weight excluding hydrogens is 875 g/mol. The molecule has 1 aromatic heterocycles. The molecule has 2 N–H and O–H groups in total. The number of benzene rings is 9. The maximum absolute atomic E-state index is 5.69. The largest absolute Gasteiger partial charge is 0.363 e. The average Bonchev–Trinajstić information content (AvgIpc) is 4.01. The second kappa shape index (κ2) is 18.4. The number of hydrogen-bond donors (Lipinski definition) is 2. The predicted molar refractivity (Wildman–Crippen MR) is 302 cm³/mol. The number of allylic oxidation sites excluding steroid dienone is 4. The Hall–Kier alpha value is -8.93. The van der Waals surface area contributed by atoms with E-state index in [1.807, 2.05) is 0 Å². The molecule has 0 bridgehead atoms. The van der Waals surface area contributed by atoms with Crippen LogP contribution in [0, 0.1) is 0 Å². The van der Waals surface area contributed by atoms with Crippen LogP contribution in [0.5, 0.6) is 0 Å². The first-order valence-electron chi connectivity index (χ1n) is 25.3. The summed E-state index contributed by atoms with van der Waals surface area (Å²) >= 11 is 0. The molecule has 2 aliphatic heterocycles. The Labute approximate surface area is 421 Å². The van der Waals surface area contributed by atoms with Crippen LogP contribution < -0.4 is 15.5 Å². The fraction of sp³-hybridized carbons (Fsp3) is 0.0896. The number of amidine groups is 1. The molecule has 13 rings (SSSR count). The summed E-state index contributed by atoms with van der Waals surface area (Å²) in [5, 5.41) is 10.0. The minimum absolute atomic E-state index is 0.177. The van der Waals surface area contributed by atoms with E-state index in [1.54, 1.807) is 0 Å². The van der Waals surface area contributed by atoms with Crippen LogP contribution in [-0.4, -0.2) is 16.6 Å². The second-order valence-corrected chi connectivity index (χ2v) is 19.0. The van der Waals surface area contributed by atoms with Gasteiger partial charge in [-0.15, -0.1) is 0 Å². The van der Waals surface area contributed by atoms with Crippen molar-refractivity contribution in [3.8, 4) is 39.1 Å². The number of aromatic nitrogens is 1. The molecule has 3 atom stereocenters. The SMILES string of the molecule is CCC1Nc2ccc(C3C=CC=CC3)cc2N1c1ccc(-c2ccccc2-c2ccccc2-c2ccccc2C2C=C(c3ccccc3)NC(c3cccc4c3c3ccccc3n4-c3ccccc3)=N2)cc1. The highest BCUT2D eigenvalue weighted by atomic mass is 15.3. The monoisotopic (exact) mass is 927 g/mol. The highest BCUT2D eigenvalue weighted by Gasteiger charge is 2.30. The smallest absolute Gasteiger partial charge is 0.134 e. The van der Waals surface area contributed by atoms with Gasteiger partial charge in [0.2, 0.25) is 0 Å². The van der Waals surface area contributed by atoms with Gasteiger partial charge in [0, 0.05) is 39.3 Å². The Balaban J connectivity index is 0.897. The lowest BCUT2D eigenvalue weighted by molar-refractivity contribution is 0.728. The van der Waals surface area contributed by atoms with Crippen molar-refractivity contribution in [2.75, 3.05) is 10.2 Å². The highest BCUT2D eigenvalue weighted by molar-refractivity contribution is 6.21. The molecule has 0 fully saturated rings. The summed E-state index contributed by atoms with van der Waals surface area (Å²) in [6.07, 6.45) is 13.4. The molecule has 5 heteroatoms. The van der Waals surface area contributed by atoms with E-state index in [9.17, 15) is 0 Å².